The van der Waals surface area contributed by atoms with Crippen LogP contribution in [0.3, 0.4) is 0 Å². The zero-order valence-corrected chi connectivity index (χ0v) is 13.4. The third-order valence-corrected chi connectivity index (χ3v) is 5.42. The van der Waals surface area contributed by atoms with Gasteiger partial charge in [0.25, 0.3) is 0 Å². The number of benzene rings is 1. The molecule has 3 aliphatic heterocycles. The fraction of sp³-hybridized carbons (Fsp3) is 0.556. The summed E-state index contributed by atoms with van der Waals surface area (Å²) in [5, 5.41) is 0. The summed E-state index contributed by atoms with van der Waals surface area (Å²) in [7, 11) is 0. The van der Waals surface area contributed by atoms with Gasteiger partial charge in [-0.05, 0) is 37.8 Å². The van der Waals surface area contributed by atoms with Gasteiger partial charge >= 0.3 is 6.03 Å². The third kappa shape index (κ3) is 2.48. The lowest BCUT2D eigenvalue weighted by atomic mass is 9.95. The molecule has 0 bridgehead atoms. The maximum Gasteiger partial charge on any atom is 0.320 e. The number of hydrogen-bond donors (Lipinski definition) is 0. The van der Waals surface area contributed by atoms with Gasteiger partial charge in [0.15, 0.2) is 0 Å². The number of rotatable bonds is 1. The van der Waals surface area contributed by atoms with Crippen LogP contribution in [0.25, 0.3) is 0 Å². The molecule has 3 fully saturated rings. The van der Waals surface area contributed by atoms with E-state index < -0.39 is 0 Å². The molecule has 0 aromatic heterocycles. The minimum atomic E-state index is 0.130. The maximum atomic E-state index is 12.8. The Morgan fingerprint density at radius 3 is 2.43 bits per heavy atom. The lowest BCUT2D eigenvalue weighted by Gasteiger charge is -2.40. The van der Waals surface area contributed by atoms with E-state index in [-0.39, 0.29) is 24.0 Å². The number of hydrogen-bond acceptors (Lipinski definition) is 2. The van der Waals surface area contributed by atoms with Crippen LogP contribution in [0, 0.1) is 0 Å². The number of carbonyl (C=O) groups is 2. The summed E-state index contributed by atoms with van der Waals surface area (Å²) in [5.74, 6) is 0.188. The molecule has 23 heavy (non-hydrogen) atoms. The van der Waals surface area contributed by atoms with E-state index >= 15 is 0 Å². The van der Waals surface area contributed by atoms with Crippen molar-refractivity contribution in [2.75, 3.05) is 24.5 Å². The van der Waals surface area contributed by atoms with Crippen molar-refractivity contribution in [2.24, 2.45) is 0 Å². The van der Waals surface area contributed by atoms with Crippen molar-refractivity contribution in [3.05, 3.63) is 30.3 Å². The Bertz CT molecular complexity index is 598. The number of carbonyl (C=O) groups excluding carboxylic acids is 2. The second-order valence-corrected chi connectivity index (χ2v) is 6.73. The molecule has 0 aliphatic carbocycles. The van der Waals surface area contributed by atoms with Crippen LogP contribution in [-0.4, -0.2) is 53.5 Å². The summed E-state index contributed by atoms with van der Waals surface area (Å²) in [6.45, 7) is 2.53. The van der Waals surface area contributed by atoms with Crippen molar-refractivity contribution in [1.29, 1.82) is 0 Å². The fourth-order valence-electron chi connectivity index (χ4n) is 4.32. The molecule has 0 radical (unpaired) electrons. The van der Waals surface area contributed by atoms with E-state index in [1.807, 2.05) is 45.0 Å². The third-order valence-electron chi connectivity index (χ3n) is 5.42. The van der Waals surface area contributed by atoms with Crippen LogP contribution >= 0.6 is 0 Å². The predicted molar refractivity (Wildman–Crippen MR) is 88.3 cm³/mol. The van der Waals surface area contributed by atoms with Gasteiger partial charge in [0, 0.05) is 31.7 Å². The van der Waals surface area contributed by atoms with Gasteiger partial charge in [0.2, 0.25) is 5.91 Å². The lowest BCUT2D eigenvalue weighted by Crippen LogP contribution is -2.55. The maximum absolute atomic E-state index is 12.8. The second-order valence-electron chi connectivity index (χ2n) is 6.73. The Morgan fingerprint density at radius 1 is 0.957 bits per heavy atom. The van der Waals surface area contributed by atoms with Crippen LogP contribution in [0.4, 0.5) is 10.5 Å². The van der Waals surface area contributed by atoms with Gasteiger partial charge in [-0.15, -0.1) is 0 Å². The van der Waals surface area contributed by atoms with Crippen molar-refractivity contribution >= 4 is 17.6 Å². The molecule has 3 heterocycles. The average Bonchev–Trinajstić information content (AvgIpc) is 3.24. The van der Waals surface area contributed by atoms with Gasteiger partial charge in [-0.1, -0.05) is 18.2 Å². The van der Waals surface area contributed by atoms with Crippen LogP contribution in [0.5, 0.6) is 0 Å². The van der Waals surface area contributed by atoms with E-state index in [0.717, 1.165) is 51.0 Å². The second kappa shape index (κ2) is 5.87. The molecule has 3 aliphatic rings. The van der Waals surface area contributed by atoms with Gasteiger partial charge in [-0.2, -0.15) is 0 Å². The highest BCUT2D eigenvalue weighted by atomic mass is 16.2. The van der Waals surface area contributed by atoms with Crippen molar-refractivity contribution in [3.8, 4) is 0 Å². The number of urea groups is 1. The van der Waals surface area contributed by atoms with E-state index in [1.54, 1.807) is 0 Å². The Balaban J connectivity index is 1.57. The number of amides is 3. The highest BCUT2D eigenvalue weighted by Gasteiger charge is 2.46. The van der Waals surface area contributed by atoms with Crippen LogP contribution in [0.15, 0.2) is 30.3 Å². The summed E-state index contributed by atoms with van der Waals surface area (Å²) in [6, 6.07) is 10.4. The van der Waals surface area contributed by atoms with Gasteiger partial charge in [0.1, 0.15) is 0 Å². The van der Waals surface area contributed by atoms with E-state index in [4.69, 9.17) is 0 Å². The summed E-state index contributed by atoms with van der Waals surface area (Å²) >= 11 is 0. The van der Waals surface area contributed by atoms with Crippen molar-refractivity contribution in [2.45, 2.75) is 44.2 Å². The van der Waals surface area contributed by atoms with Gasteiger partial charge < -0.3 is 14.7 Å². The predicted octanol–water partition coefficient (Wildman–Crippen LogP) is 2.47. The van der Waals surface area contributed by atoms with E-state index in [2.05, 4.69) is 0 Å². The molecule has 0 N–H and O–H groups in total. The van der Waals surface area contributed by atoms with Gasteiger partial charge in [-0.25, -0.2) is 4.79 Å². The van der Waals surface area contributed by atoms with E-state index in [1.165, 1.54) is 0 Å². The Kier molecular flexibility index (Phi) is 3.71. The van der Waals surface area contributed by atoms with Crippen molar-refractivity contribution in [3.63, 3.8) is 0 Å². The number of fused-ring (bicyclic) bond motifs is 1. The summed E-state index contributed by atoms with van der Waals surface area (Å²) in [5.41, 5.74) is 0.961. The molecule has 3 saturated heterocycles. The smallest absolute Gasteiger partial charge is 0.320 e. The molecule has 122 valence electrons. The summed E-state index contributed by atoms with van der Waals surface area (Å²) < 4.78 is 0. The first-order valence-corrected chi connectivity index (χ1v) is 8.68. The molecule has 5 nitrogen and oxygen atoms in total. The first-order chi connectivity index (χ1) is 11.3. The topological polar surface area (TPSA) is 43.9 Å². The number of piperidine rings is 1. The van der Waals surface area contributed by atoms with E-state index in [9.17, 15) is 9.59 Å². The van der Waals surface area contributed by atoms with Crippen molar-refractivity contribution < 1.29 is 9.59 Å². The number of likely N-dealkylation sites (tertiary alicyclic amines) is 2. The van der Waals surface area contributed by atoms with Crippen LogP contribution in [0.1, 0.15) is 32.1 Å². The van der Waals surface area contributed by atoms with Crippen LogP contribution in [0.2, 0.25) is 0 Å². The monoisotopic (exact) mass is 313 g/mol. The minimum absolute atomic E-state index is 0.130. The molecule has 0 spiro atoms. The average molecular weight is 313 g/mol. The quantitative estimate of drug-likeness (QED) is 0.799. The summed E-state index contributed by atoms with van der Waals surface area (Å²) in [4.78, 5) is 31.2. The standard InChI is InChI=1S/C18H23N3O2/c22-17-9-8-15-16(21(17)14-6-2-1-3-7-14)10-13-20(15)18(23)19-11-4-5-12-19/h1-3,6-7,15-16H,4-5,8-13H2/t15-,16-/m1/s1. The zero-order valence-electron chi connectivity index (χ0n) is 13.4. The fourth-order valence-corrected chi connectivity index (χ4v) is 4.32. The summed E-state index contributed by atoms with van der Waals surface area (Å²) in [6.07, 6.45) is 4.43. The molecule has 0 unspecified atom stereocenters. The number of anilines is 1. The highest BCUT2D eigenvalue weighted by molar-refractivity contribution is 5.95. The molecule has 3 amide bonds. The molecule has 5 heteroatoms. The zero-order chi connectivity index (χ0) is 15.8. The molecule has 0 saturated carbocycles. The van der Waals surface area contributed by atoms with Crippen molar-refractivity contribution in [1.82, 2.24) is 9.80 Å². The number of para-hydroxylation sites is 1. The minimum Gasteiger partial charge on any atom is -0.325 e. The Hall–Kier alpha value is -2.04. The molecule has 1 aromatic carbocycles. The molecular weight excluding hydrogens is 290 g/mol. The molecular formula is C18H23N3O2. The van der Waals surface area contributed by atoms with Gasteiger partial charge in [0.05, 0.1) is 12.1 Å². The van der Waals surface area contributed by atoms with Crippen LogP contribution in [-0.2, 0) is 4.79 Å². The Labute approximate surface area is 136 Å². The first-order valence-electron chi connectivity index (χ1n) is 8.68. The largest absolute Gasteiger partial charge is 0.325 e. The van der Waals surface area contributed by atoms with Gasteiger partial charge in [-0.3, -0.25) is 4.79 Å². The Morgan fingerprint density at radius 2 is 1.70 bits per heavy atom. The lowest BCUT2D eigenvalue weighted by molar-refractivity contribution is -0.120. The molecule has 1 aromatic rings. The molecule has 2 atom stereocenters. The molecule has 4 rings (SSSR count). The SMILES string of the molecule is O=C(N1CCCC1)N1CC[C@@H]2[C@H]1CCC(=O)N2c1ccccc1. The normalized spacial score (nSPS) is 27.5. The highest BCUT2D eigenvalue weighted by Crippen LogP contribution is 2.35. The first kappa shape index (κ1) is 14.5. The number of nitrogens with zero attached hydrogens (tertiary/aromatic N) is 3. The van der Waals surface area contributed by atoms with E-state index in [0.29, 0.717) is 6.42 Å². The van der Waals surface area contributed by atoms with Crippen LogP contribution < -0.4 is 4.90 Å².